The lowest BCUT2D eigenvalue weighted by atomic mass is 9.92. The summed E-state index contributed by atoms with van der Waals surface area (Å²) in [6.07, 6.45) is 4.86. The molecule has 37 heavy (non-hydrogen) atoms. The van der Waals surface area contributed by atoms with E-state index in [9.17, 15) is 8.42 Å². The van der Waals surface area contributed by atoms with Gasteiger partial charge in [-0.1, -0.05) is 19.0 Å². The van der Waals surface area contributed by atoms with Crippen molar-refractivity contribution in [2.45, 2.75) is 50.5 Å². The molecule has 1 aliphatic rings. The summed E-state index contributed by atoms with van der Waals surface area (Å²) in [5, 5.41) is 9.18. The van der Waals surface area contributed by atoms with Crippen LogP contribution in [0.3, 0.4) is 0 Å². The highest BCUT2D eigenvalue weighted by molar-refractivity contribution is 7.90. The van der Waals surface area contributed by atoms with Crippen LogP contribution in [0.4, 0.5) is 6.01 Å². The predicted molar refractivity (Wildman–Crippen MR) is 139 cm³/mol. The van der Waals surface area contributed by atoms with Gasteiger partial charge in [0.25, 0.3) is 5.19 Å². The van der Waals surface area contributed by atoms with Crippen molar-refractivity contribution < 1.29 is 22.4 Å². The number of imidazole rings is 1. The van der Waals surface area contributed by atoms with E-state index in [2.05, 4.69) is 32.0 Å². The Bertz CT molecular complexity index is 1470. The van der Waals surface area contributed by atoms with Gasteiger partial charge in [-0.15, -0.1) is 5.10 Å². The van der Waals surface area contributed by atoms with Crippen molar-refractivity contribution in [3.05, 3.63) is 30.2 Å². The highest BCUT2D eigenvalue weighted by atomic mass is 32.2. The maximum Gasteiger partial charge on any atom is 0.324 e. The fourth-order valence-electron chi connectivity index (χ4n) is 4.38. The van der Waals surface area contributed by atoms with Crippen molar-refractivity contribution in [2.75, 3.05) is 31.4 Å². The molecule has 4 heterocycles. The molecule has 0 aliphatic carbocycles. The van der Waals surface area contributed by atoms with Gasteiger partial charge in [-0.25, -0.2) is 17.9 Å². The normalized spacial score (nSPS) is 16.0. The van der Waals surface area contributed by atoms with Gasteiger partial charge in [0, 0.05) is 30.8 Å². The first-order valence-electron chi connectivity index (χ1n) is 12.1. The van der Waals surface area contributed by atoms with Gasteiger partial charge >= 0.3 is 6.01 Å². The number of ether oxygens (including phenoxy) is 2. The number of aromatic nitrogens is 5. The van der Waals surface area contributed by atoms with Gasteiger partial charge in [0.05, 0.1) is 23.9 Å². The Labute approximate surface area is 219 Å². The maximum atomic E-state index is 11.9. The molecule has 1 aliphatic heterocycles. The lowest BCUT2D eigenvalue weighted by molar-refractivity contribution is 0.130. The van der Waals surface area contributed by atoms with Gasteiger partial charge < -0.3 is 18.9 Å². The summed E-state index contributed by atoms with van der Waals surface area (Å²) in [4.78, 5) is 12.2. The first-order valence-corrected chi connectivity index (χ1v) is 14.8. The number of anilines is 1. The molecule has 1 saturated heterocycles. The van der Waals surface area contributed by atoms with E-state index in [0.717, 1.165) is 31.8 Å². The Kier molecular flexibility index (Phi) is 6.84. The van der Waals surface area contributed by atoms with E-state index in [1.807, 2.05) is 13.8 Å². The minimum Gasteiger partial charge on any atom is -0.496 e. The molecular formula is C24H30N6O5S2. The second-order valence-electron chi connectivity index (χ2n) is 9.59. The van der Waals surface area contributed by atoms with E-state index in [1.165, 1.54) is 30.8 Å². The first-order chi connectivity index (χ1) is 17.6. The molecule has 1 fully saturated rings. The van der Waals surface area contributed by atoms with E-state index in [1.54, 1.807) is 22.8 Å². The average Bonchev–Trinajstić information content (AvgIpc) is 3.58. The molecule has 0 N–H and O–H groups in total. The summed E-state index contributed by atoms with van der Waals surface area (Å²) in [6, 6.07) is 5.35. The summed E-state index contributed by atoms with van der Waals surface area (Å²) in [5.41, 5.74) is 1.33. The Balaban J connectivity index is 1.23. The van der Waals surface area contributed by atoms with Gasteiger partial charge in [0.1, 0.15) is 11.9 Å². The second kappa shape index (κ2) is 9.93. The number of piperidine rings is 1. The minimum absolute atomic E-state index is 0.00461. The fourth-order valence-corrected chi connectivity index (χ4v) is 5.83. The molecule has 0 radical (unpaired) electrons. The SMILES string of the molecule is COc1cc(S(C)(=O)=O)ccc1-c1cn2nc(O[C@@H](C)C3CCN(c4nc(C(C)C)no4)CC3)sc2n1. The zero-order valence-corrected chi connectivity index (χ0v) is 23.0. The summed E-state index contributed by atoms with van der Waals surface area (Å²) >= 11 is 1.37. The molecule has 1 atom stereocenters. The highest BCUT2D eigenvalue weighted by Gasteiger charge is 2.28. The van der Waals surface area contributed by atoms with Crippen LogP contribution < -0.4 is 14.4 Å². The summed E-state index contributed by atoms with van der Waals surface area (Å²) in [6.45, 7) is 7.84. The van der Waals surface area contributed by atoms with Crippen LogP contribution in [0, 0.1) is 5.92 Å². The van der Waals surface area contributed by atoms with Crippen LogP contribution in [-0.4, -0.2) is 65.7 Å². The predicted octanol–water partition coefficient (Wildman–Crippen LogP) is 4.06. The summed E-state index contributed by atoms with van der Waals surface area (Å²) < 4.78 is 42.5. The lowest BCUT2D eigenvalue weighted by Gasteiger charge is -2.33. The standard InChI is InChI=1S/C24H30N6O5S2/c1-14(2)21-26-22(35-28-21)29-10-8-16(9-11-29)15(3)34-24-27-30-13-19(25-23(30)36-24)18-7-6-17(37(5,31)32)12-20(18)33-4/h6-7,12-16H,8-11H2,1-5H3/t15-/m0/s1. The molecular weight excluding hydrogens is 516 g/mol. The zero-order chi connectivity index (χ0) is 26.3. The van der Waals surface area contributed by atoms with Crippen molar-refractivity contribution in [3.63, 3.8) is 0 Å². The van der Waals surface area contributed by atoms with E-state index < -0.39 is 9.84 Å². The van der Waals surface area contributed by atoms with Crippen molar-refractivity contribution in [1.82, 2.24) is 24.7 Å². The fraction of sp³-hybridized carbons (Fsp3) is 0.500. The van der Waals surface area contributed by atoms with E-state index >= 15 is 0 Å². The van der Waals surface area contributed by atoms with Gasteiger partial charge in [-0.05, 0) is 55.2 Å². The van der Waals surface area contributed by atoms with Crippen molar-refractivity contribution in [2.24, 2.45) is 5.92 Å². The third kappa shape index (κ3) is 5.28. The molecule has 4 aromatic rings. The van der Waals surface area contributed by atoms with Gasteiger partial charge in [0.15, 0.2) is 15.7 Å². The molecule has 0 amide bonds. The molecule has 0 bridgehead atoms. The number of fused-ring (bicyclic) bond motifs is 1. The molecule has 13 heteroatoms. The molecule has 3 aromatic heterocycles. The molecule has 11 nitrogen and oxygen atoms in total. The number of nitrogens with zero attached hydrogens (tertiary/aromatic N) is 6. The Morgan fingerprint density at radius 1 is 1.16 bits per heavy atom. The number of methoxy groups -OCH3 is 1. The lowest BCUT2D eigenvalue weighted by Crippen LogP contribution is -2.38. The van der Waals surface area contributed by atoms with E-state index in [4.69, 9.17) is 14.0 Å². The third-order valence-corrected chi connectivity index (χ3v) is 8.53. The zero-order valence-electron chi connectivity index (χ0n) is 21.4. The Morgan fingerprint density at radius 2 is 1.92 bits per heavy atom. The molecule has 0 spiro atoms. The number of sulfone groups is 1. The minimum atomic E-state index is -3.34. The number of hydrogen-bond donors (Lipinski definition) is 0. The first kappa shape index (κ1) is 25.5. The Morgan fingerprint density at radius 3 is 2.54 bits per heavy atom. The molecule has 1 aromatic carbocycles. The smallest absolute Gasteiger partial charge is 0.324 e. The van der Waals surface area contributed by atoms with Crippen LogP contribution in [-0.2, 0) is 9.84 Å². The molecule has 0 saturated carbocycles. The molecule has 0 unspecified atom stereocenters. The number of rotatable bonds is 8. The monoisotopic (exact) mass is 546 g/mol. The van der Waals surface area contributed by atoms with Crippen LogP contribution in [0.25, 0.3) is 16.2 Å². The van der Waals surface area contributed by atoms with Gasteiger partial charge in [0.2, 0.25) is 4.96 Å². The third-order valence-electron chi connectivity index (χ3n) is 6.61. The summed E-state index contributed by atoms with van der Waals surface area (Å²) in [7, 11) is -1.84. The summed E-state index contributed by atoms with van der Waals surface area (Å²) in [5.74, 6) is 1.79. The van der Waals surface area contributed by atoms with E-state index in [-0.39, 0.29) is 16.9 Å². The topological polar surface area (TPSA) is 125 Å². The average molecular weight is 547 g/mol. The largest absolute Gasteiger partial charge is 0.496 e. The van der Waals surface area contributed by atoms with Crippen LogP contribution in [0.15, 0.2) is 33.8 Å². The highest BCUT2D eigenvalue weighted by Crippen LogP contribution is 2.34. The maximum absolute atomic E-state index is 11.9. The number of benzene rings is 1. The van der Waals surface area contributed by atoms with Crippen LogP contribution >= 0.6 is 11.3 Å². The van der Waals surface area contributed by atoms with Crippen LogP contribution in [0.1, 0.15) is 45.4 Å². The van der Waals surface area contributed by atoms with Crippen molar-refractivity contribution >= 4 is 32.1 Å². The number of hydrogen-bond acceptors (Lipinski definition) is 11. The van der Waals surface area contributed by atoms with E-state index in [0.29, 0.717) is 39.1 Å². The van der Waals surface area contributed by atoms with Crippen LogP contribution in [0.5, 0.6) is 10.9 Å². The van der Waals surface area contributed by atoms with Crippen LogP contribution in [0.2, 0.25) is 0 Å². The quantitative estimate of drug-likeness (QED) is 0.319. The van der Waals surface area contributed by atoms with Gasteiger partial charge in [-0.3, -0.25) is 0 Å². The molecule has 198 valence electrons. The van der Waals surface area contributed by atoms with Crippen molar-refractivity contribution in [1.29, 1.82) is 0 Å². The van der Waals surface area contributed by atoms with Crippen molar-refractivity contribution in [3.8, 4) is 22.2 Å². The molecule has 5 rings (SSSR count). The second-order valence-corrected chi connectivity index (χ2v) is 12.5. The van der Waals surface area contributed by atoms with Gasteiger partial charge in [-0.2, -0.15) is 4.98 Å². The Hall–Kier alpha value is -3.19.